The third kappa shape index (κ3) is 3.82. The van der Waals surface area contributed by atoms with Crippen molar-refractivity contribution in [2.75, 3.05) is 11.9 Å². The second kappa shape index (κ2) is 6.72. The van der Waals surface area contributed by atoms with E-state index in [-0.39, 0.29) is 0 Å². The van der Waals surface area contributed by atoms with Gasteiger partial charge in [-0.1, -0.05) is 38.1 Å². The Morgan fingerprint density at radius 3 is 2.43 bits per heavy atom. The van der Waals surface area contributed by atoms with Gasteiger partial charge in [0, 0.05) is 31.0 Å². The Bertz CT molecular complexity index is 605. The summed E-state index contributed by atoms with van der Waals surface area (Å²) in [7, 11) is 2.07. The molecule has 0 saturated carbocycles. The fourth-order valence-corrected chi connectivity index (χ4v) is 2.33. The van der Waals surface area contributed by atoms with Crippen LogP contribution in [0.5, 0.6) is 0 Å². The number of pyridine rings is 1. The van der Waals surface area contributed by atoms with Gasteiger partial charge in [0.05, 0.1) is 0 Å². The van der Waals surface area contributed by atoms with Crippen LogP contribution in [0.2, 0.25) is 0 Å². The number of anilines is 2. The zero-order chi connectivity index (χ0) is 15.4. The van der Waals surface area contributed by atoms with Crippen molar-refractivity contribution in [1.82, 2.24) is 10.3 Å². The highest BCUT2D eigenvalue weighted by atomic mass is 15.2. The van der Waals surface area contributed by atoms with Crippen LogP contribution in [0.4, 0.5) is 11.5 Å². The van der Waals surface area contributed by atoms with E-state index in [1.165, 1.54) is 16.8 Å². The molecule has 0 fully saturated rings. The number of aromatic nitrogens is 1. The van der Waals surface area contributed by atoms with Crippen molar-refractivity contribution >= 4 is 11.5 Å². The molecule has 0 unspecified atom stereocenters. The van der Waals surface area contributed by atoms with Gasteiger partial charge in [0.2, 0.25) is 0 Å². The van der Waals surface area contributed by atoms with E-state index in [0.717, 1.165) is 18.1 Å². The lowest BCUT2D eigenvalue weighted by molar-refractivity contribution is 0.586. The normalized spacial score (nSPS) is 11.0. The van der Waals surface area contributed by atoms with Gasteiger partial charge in [-0.2, -0.15) is 0 Å². The zero-order valence-electron chi connectivity index (χ0n) is 13.6. The highest BCUT2D eigenvalue weighted by Crippen LogP contribution is 2.25. The largest absolute Gasteiger partial charge is 0.329 e. The van der Waals surface area contributed by atoms with Crippen LogP contribution in [0.25, 0.3) is 0 Å². The highest BCUT2D eigenvalue weighted by Gasteiger charge is 2.09. The van der Waals surface area contributed by atoms with Gasteiger partial charge < -0.3 is 10.2 Å². The van der Waals surface area contributed by atoms with Gasteiger partial charge >= 0.3 is 0 Å². The van der Waals surface area contributed by atoms with Crippen LogP contribution >= 0.6 is 0 Å². The lowest BCUT2D eigenvalue weighted by Crippen LogP contribution is -2.22. The standard InChI is InChI=1S/C18H25N3/c1-13(2)19-12-16-10-11-18(20-15(16)4)21(5)17-9-7-6-8-14(17)3/h6-11,13,19H,12H2,1-5H3. The molecule has 1 aromatic heterocycles. The van der Waals surface area contributed by atoms with Crippen molar-refractivity contribution in [2.24, 2.45) is 0 Å². The summed E-state index contributed by atoms with van der Waals surface area (Å²) in [6.45, 7) is 9.38. The summed E-state index contributed by atoms with van der Waals surface area (Å²) in [5.41, 5.74) is 4.79. The summed E-state index contributed by atoms with van der Waals surface area (Å²) in [6.07, 6.45) is 0. The number of benzene rings is 1. The molecular formula is C18H25N3. The topological polar surface area (TPSA) is 28.2 Å². The molecule has 0 spiro atoms. The number of aryl methyl sites for hydroxylation is 2. The predicted octanol–water partition coefficient (Wildman–Crippen LogP) is 3.96. The van der Waals surface area contributed by atoms with Crippen LogP contribution < -0.4 is 10.2 Å². The summed E-state index contributed by atoms with van der Waals surface area (Å²) in [5, 5.41) is 3.44. The number of nitrogens with zero attached hydrogens (tertiary/aromatic N) is 2. The molecule has 2 rings (SSSR count). The van der Waals surface area contributed by atoms with Gasteiger partial charge in [0.15, 0.2) is 0 Å². The molecule has 0 saturated heterocycles. The molecule has 0 aliphatic heterocycles. The van der Waals surface area contributed by atoms with Crippen molar-refractivity contribution in [2.45, 2.75) is 40.3 Å². The Kier molecular flexibility index (Phi) is 4.97. The maximum Gasteiger partial charge on any atom is 0.132 e. The van der Waals surface area contributed by atoms with E-state index in [2.05, 4.69) is 81.4 Å². The van der Waals surface area contributed by atoms with Gasteiger partial charge in [-0.3, -0.25) is 0 Å². The van der Waals surface area contributed by atoms with E-state index in [9.17, 15) is 0 Å². The highest BCUT2D eigenvalue weighted by molar-refractivity contribution is 5.63. The summed E-state index contributed by atoms with van der Waals surface area (Å²) in [6, 6.07) is 13.1. The third-order valence-electron chi connectivity index (χ3n) is 3.70. The molecule has 1 N–H and O–H groups in total. The van der Waals surface area contributed by atoms with Gasteiger partial charge in [0.25, 0.3) is 0 Å². The third-order valence-corrected chi connectivity index (χ3v) is 3.70. The minimum absolute atomic E-state index is 0.485. The Morgan fingerprint density at radius 1 is 1.10 bits per heavy atom. The van der Waals surface area contributed by atoms with Crippen LogP contribution in [-0.4, -0.2) is 18.1 Å². The first-order valence-corrected chi connectivity index (χ1v) is 7.48. The molecule has 0 aliphatic rings. The van der Waals surface area contributed by atoms with E-state index in [1.54, 1.807) is 0 Å². The smallest absolute Gasteiger partial charge is 0.132 e. The van der Waals surface area contributed by atoms with Crippen LogP contribution in [0.1, 0.15) is 30.7 Å². The van der Waals surface area contributed by atoms with Gasteiger partial charge in [0.1, 0.15) is 5.82 Å². The van der Waals surface area contributed by atoms with Crippen LogP contribution in [0.3, 0.4) is 0 Å². The maximum absolute atomic E-state index is 4.75. The molecule has 0 radical (unpaired) electrons. The monoisotopic (exact) mass is 283 g/mol. The van der Waals surface area contributed by atoms with E-state index >= 15 is 0 Å². The second-order valence-electron chi connectivity index (χ2n) is 5.80. The second-order valence-corrected chi connectivity index (χ2v) is 5.80. The lowest BCUT2D eigenvalue weighted by Gasteiger charge is -2.21. The van der Waals surface area contributed by atoms with Gasteiger partial charge in [-0.15, -0.1) is 0 Å². The molecule has 1 heterocycles. The minimum Gasteiger partial charge on any atom is -0.329 e. The first-order valence-electron chi connectivity index (χ1n) is 7.48. The quantitative estimate of drug-likeness (QED) is 0.900. The predicted molar refractivity (Wildman–Crippen MR) is 90.2 cm³/mol. The molecule has 0 atom stereocenters. The first-order chi connectivity index (χ1) is 9.99. The van der Waals surface area contributed by atoms with Crippen molar-refractivity contribution in [3.8, 4) is 0 Å². The molecule has 3 heteroatoms. The number of nitrogens with one attached hydrogen (secondary N) is 1. The van der Waals surface area contributed by atoms with E-state index in [4.69, 9.17) is 4.98 Å². The molecule has 0 aliphatic carbocycles. The Labute approximate surface area is 128 Å². The summed E-state index contributed by atoms with van der Waals surface area (Å²) in [5.74, 6) is 0.982. The van der Waals surface area contributed by atoms with Crippen LogP contribution in [-0.2, 0) is 6.54 Å². The summed E-state index contributed by atoms with van der Waals surface area (Å²) < 4.78 is 0. The van der Waals surface area contributed by atoms with Crippen LogP contribution in [0.15, 0.2) is 36.4 Å². The summed E-state index contributed by atoms with van der Waals surface area (Å²) >= 11 is 0. The number of hydrogen-bond donors (Lipinski definition) is 1. The molecular weight excluding hydrogens is 258 g/mol. The lowest BCUT2D eigenvalue weighted by atomic mass is 10.1. The van der Waals surface area contributed by atoms with E-state index in [0.29, 0.717) is 6.04 Å². The van der Waals surface area contributed by atoms with E-state index in [1.807, 2.05) is 0 Å². The molecule has 112 valence electrons. The zero-order valence-corrected chi connectivity index (χ0v) is 13.6. The van der Waals surface area contributed by atoms with Crippen molar-refractivity contribution in [3.05, 3.63) is 53.2 Å². The summed E-state index contributed by atoms with van der Waals surface area (Å²) in [4.78, 5) is 6.90. The minimum atomic E-state index is 0.485. The van der Waals surface area contributed by atoms with Crippen molar-refractivity contribution in [1.29, 1.82) is 0 Å². The van der Waals surface area contributed by atoms with Crippen molar-refractivity contribution in [3.63, 3.8) is 0 Å². The molecule has 21 heavy (non-hydrogen) atoms. The molecule has 2 aromatic rings. The fraction of sp³-hybridized carbons (Fsp3) is 0.389. The SMILES string of the molecule is Cc1ccccc1N(C)c1ccc(CNC(C)C)c(C)n1. The number of rotatable bonds is 5. The van der Waals surface area contributed by atoms with Gasteiger partial charge in [-0.05, 0) is 37.1 Å². The Hall–Kier alpha value is -1.87. The maximum atomic E-state index is 4.75. The Balaban J connectivity index is 2.21. The average Bonchev–Trinajstić information content (AvgIpc) is 2.45. The van der Waals surface area contributed by atoms with Crippen molar-refractivity contribution < 1.29 is 0 Å². The number of para-hydroxylation sites is 1. The van der Waals surface area contributed by atoms with Gasteiger partial charge in [-0.25, -0.2) is 4.98 Å². The molecule has 0 bridgehead atoms. The fourth-order valence-electron chi connectivity index (χ4n) is 2.33. The van der Waals surface area contributed by atoms with E-state index < -0.39 is 0 Å². The molecule has 3 nitrogen and oxygen atoms in total. The Morgan fingerprint density at radius 2 is 1.81 bits per heavy atom. The number of hydrogen-bond acceptors (Lipinski definition) is 3. The van der Waals surface area contributed by atoms with Crippen LogP contribution in [0, 0.1) is 13.8 Å². The average molecular weight is 283 g/mol. The molecule has 1 aromatic carbocycles. The first kappa shape index (κ1) is 15.5. The molecule has 0 amide bonds.